The molecule has 1 amide bonds. The molecule has 4 rings (SSSR count). The molecule has 166 valence electrons. The van der Waals surface area contributed by atoms with Gasteiger partial charge < -0.3 is 5.32 Å². The van der Waals surface area contributed by atoms with Crippen LogP contribution in [0.15, 0.2) is 77.7 Å². The minimum Gasteiger partial charge on any atom is -0.349 e. The fourth-order valence-corrected chi connectivity index (χ4v) is 5.86. The van der Waals surface area contributed by atoms with Gasteiger partial charge in [0.2, 0.25) is 10.0 Å². The van der Waals surface area contributed by atoms with Gasteiger partial charge in [0.05, 0.1) is 4.90 Å². The predicted octanol–water partition coefficient (Wildman–Crippen LogP) is 4.55. The molecular formula is C26H28N2O3S. The zero-order chi connectivity index (χ0) is 22.7. The van der Waals surface area contributed by atoms with E-state index >= 15 is 0 Å². The summed E-state index contributed by atoms with van der Waals surface area (Å²) in [6, 6.07) is 23.0. The number of benzene rings is 3. The molecule has 1 aliphatic heterocycles. The van der Waals surface area contributed by atoms with Crippen molar-refractivity contribution in [2.24, 2.45) is 0 Å². The van der Waals surface area contributed by atoms with Crippen molar-refractivity contribution in [3.05, 3.63) is 89.5 Å². The van der Waals surface area contributed by atoms with Crippen molar-refractivity contribution in [3.63, 3.8) is 0 Å². The van der Waals surface area contributed by atoms with Crippen LogP contribution in [0.5, 0.6) is 0 Å². The van der Waals surface area contributed by atoms with Gasteiger partial charge in [-0.05, 0) is 67.1 Å². The molecule has 1 fully saturated rings. The molecule has 0 unspecified atom stereocenters. The van der Waals surface area contributed by atoms with Crippen LogP contribution in [-0.2, 0) is 10.0 Å². The molecule has 1 saturated heterocycles. The molecule has 5 nitrogen and oxygen atoms in total. The number of piperidine rings is 1. The van der Waals surface area contributed by atoms with Crippen LogP contribution in [0, 0.1) is 13.8 Å². The van der Waals surface area contributed by atoms with Gasteiger partial charge in [-0.2, -0.15) is 4.31 Å². The summed E-state index contributed by atoms with van der Waals surface area (Å²) in [6.45, 7) is 4.51. The number of amides is 1. The van der Waals surface area contributed by atoms with Gasteiger partial charge in [-0.1, -0.05) is 54.6 Å². The minimum atomic E-state index is -3.53. The lowest BCUT2D eigenvalue weighted by Crippen LogP contribution is -2.46. The SMILES string of the molecule is Cc1ccc(C)c(S(=O)(=O)N2CCC(NC(=O)c3ccc(-c4ccccc4)cc3)CC2)c1. The molecule has 1 N–H and O–H groups in total. The largest absolute Gasteiger partial charge is 0.349 e. The molecule has 0 radical (unpaired) electrons. The summed E-state index contributed by atoms with van der Waals surface area (Å²) in [5, 5.41) is 3.07. The monoisotopic (exact) mass is 448 g/mol. The van der Waals surface area contributed by atoms with Crippen molar-refractivity contribution >= 4 is 15.9 Å². The van der Waals surface area contributed by atoms with E-state index in [1.807, 2.05) is 80.6 Å². The first kappa shape index (κ1) is 22.2. The fourth-order valence-electron chi connectivity index (χ4n) is 4.08. The second kappa shape index (κ2) is 9.27. The Morgan fingerprint density at radius 1 is 0.875 bits per heavy atom. The van der Waals surface area contributed by atoms with E-state index in [4.69, 9.17) is 0 Å². The van der Waals surface area contributed by atoms with Crippen LogP contribution in [0.25, 0.3) is 11.1 Å². The fraction of sp³-hybridized carbons (Fsp3) is 0.269. The number of nitrogens with one attached hydrogen (secondary N) is 1. The van der Waals surface area contributed by atoms with Gasteiger partial charge in [0.1, 0.15) is 0 Å². The predicted molar refractivity (Wildman–Crippen MR) is 127 cm³/mol. The van der Waals surface area contributed by atoms with Gasteiger partial charge in [-0.3, -0.25) is 4.79 Å². The highest BCUT2D eigenvalue weighted by Crippen LogP contribution is 2.25. The second-order valence-corrected chi connectivity index (χ2v) is 10.3. The normalized spacial score (nSPS) is 15.4. The Labute approximate surface area is 190 Å². The number of sulfonamides is 1. The van der Waals surface area contributed by atoms with E-state index in [0.717, 1.165) is 22.3 Å². The first-order chi connectivity index (χ1) is 15.3. The van der Waals surface area contributed by atoms with E-state index in [2.05, 4.69) is 5.32 Å². The Balaban J connectivity index is 1.36. The lowest BCUT2D eigenvalue weighted by Gasteiger charge is -2.32. The third kappa shape index (κ3) is 4.76. The maximum atomic E-state index is 13.1. The highest BCUT2D eigenvalue weighted by Gasteiger charge is 2.31. The highest BCUT2D eigenvalue weighted by molar-refractivity contribution is 7.89. The standard InChI is InChI=1S/C26H28N2O3S/c1-19-8-9-20(2)25(18-19)32(30,31)28-16-14-24(15-17-28)27-26(29)23-12-10-22(11-13-23)21-6-4-3-5-7-21/h3-13,18,24H,14-17H2,1-2H3,(H,27,29). The summed E-state index contributed by atoms with van der Waals surface area (Å²) in [4.78, 5) is 13.1. The summed E-state index contributed by atoms with van der Waals surface area (Å²) in [5.41, 5.74) is 4.46. The molecule has 0 bridgehead atoms. The summed E-state index contributed by atoms with van der Waals surface area (Å²) < 4.78 is 27.7. The average Bonchev–Trinajstić information content (AvgIpc) is 2.81. The van der Waals surface area contributed by atoms with Gasteiger partial charge in [0, 0.05) is 24.7 Å². The van der Waals surface area contributed by atoms with Crippen molar-refractivity contribution in [2.45, 2.75) is 37.6 Å². The van der Waals surface area contributed by atoms with Crippen molar-refractivity contribution in [1.82, 2.24) is 9.62 Å². The Morgan fingerprint density at radius 2 is 1.50 bits per heavy atom. The summed E-state index contributed by atoms with van der Waals surface area (Å²) in [7, 11) is -3.53. The van der Waals surface area contributed by atoms with E-state index < -0.39 is 10.0 Å². The maximum absolute atomic E-state index is 13.1. The lowest BCUT2D eigenvalue weighted by atomic mass is 10.0. The summed E-state index contributed by atoms with van der Waals surface area (Å²) >= 11 is 0. The maximum Gasteiger partial charge on any atom is 0.251 e. The van der Waals surface area contributed by atoms with Crippen LogP contribution >= 0.6 is 0 Å². The topological polar surface area (TPSA) is 66.5 Å². The zero-order valence-electron chi connectivity index (χ0n) is 18.4. The molecule has 1 aliphatic rings. The van der Waals surface area contributed by atoms with Gasteiger partial charge in [-0.15, -0.1) is 0 Å². The third-order valence-electron chi connectivity index (χ3n) is 6.00. The Hall–Kier alpha value is -2.96. The van der Waals surface area contributed by atoms with Crippen molar-refractivity contribution in [1.29, 1.82) is 0 Å². The van der Waals surface area contributed by atoms with Crippen LogP contribution in [0.3, 0.4) is 0 Å². The van der Waals surface area contributed by atoms with Crippen LogP contribution in [0.2, 0.25) is 0 Å². The van der Waals surface area contributed by atoms with E-state index in [9.17, 15) is 13.2 Å². The average molecular weight is 449 g/mol. The van der Waals surface area contributed by atoms with Crippen molar-refractivity contribution in [2.75, 3.05) is 13.1 Å². The summed E-state index contributed by atoms with van der Waals surface area (Å²) in [6.07, 6.45) is 1.19. The van der Waals surface area contributed by atoms with Crippen LogP contribution in [0.4, 0.5) is 0 Å². The molecule has 1 heterocycles. The molecular weight excluding hydrogens is 420 g/mol. The molecule has 3 aromatic rings. The number of carbonyl (C=O) groups excluding carboxylic acids is 1. The number of hydrogen-bond donors (Lipinski definition) is 1. The van der Waals surface area contributed by atoms with Gasteiger partial charge in [0.15, 0.2) is 0 Å². The molecule has 0 atom stereocenters. The van der Waals surface area contributed by atoms with Crippen LogP contribution < -0.4 is 5.32 Å². The smallest absolute Gasteiger partial charge is 0.251 e. The highest BCUT2D eigenvalue weighted by atomic mass is 32.2. The Bertz CT molecular complexity index is 1200. The quantitative estimate of drug-likeness (QED) is 0.623. The van der Waals surface area contributed by atoms with E-state index in [0.29, 0.717) is 36.4 Å². The number of carbonyl (C=O) groups is 1. The van der Waals surface area contributed by atoms with Gasteiger partial charge in [-0.25, -0.2) is 8.42 Å². The Kier molecular flexibility index (Phi) is 6.44. The lowest BCUT2D eigenvalue weighted by molar-refractivity contribution is 0.0924. The Morgan fingerprint density at radius 3 is 2.16 bits per heavy atom. The third-order valence-corrected chi connectivity index (χ3v) is 8.05. The number of hydrogen-bond acceptors (Lipinski definition) is 3. The summed E-state index contributed by atoms with van der Waals surface area (Å²) in [5.74, 6) is -0.125. The van der Waals surface area contributed by atoms with E-state index in [1.54, 1.807) is 6.07 Å². The van der Waals surface area contributed by atoms with E-state index in [1.165, 1.54) is 4.31 Å². The zero-order valence-corrected chi connectivity index (χ0v) is 19.2. The molecule has 0 aliphatic carbocycles. The van der Waals surface area contributed by atoms with Gasteiger partial charge in [0.25, 0.3) is 5.91 Å². The number of aryl methyl sites for hydroxylation is 2. The van der Waals surface area contributed by atoms with Crippen LogP contribution in [0.1, 0.15) is 34.3 Å². The molecule has 0 aromatic heterocycles. The van der Waals surface area contributed by atoms with Crippen molar-refractivity contribution in [3.8, 4) is 11.1 Å². The number of rotatable bonds is 5. The van der Waals surface area contributed by atoms with Crippen LogP contribution in [-0.4, -0.2) is 37.8 Å². The molecule has 0 spiro atoms. The molecule has 0 saturated carbocycles. The first-order valence-corrected chi connectivity index (χ1v) is 12.3. The minimum absolute atomic E-state index is 0.0404. The second-order valence-electron chi connectivity index (χ2n) is 8.36. The van der Waals surface area contributed by atoms with Gasteiger partial charge >= 0.3 is 0 Å². The van der Waals surface area contributed by atoms with E-state index in [-0.39, 0.29) is 11.9 Å². The first-order valence-electron chi connectivity index (χ1n) is 10.9. The molecule has 32 heavy (non-hydrogen) atoms. The molecule has 3 aromatic carbocycles. The number of nitrogens with zero attached hydrogens (tertiary/aromatic N) is 1. The van der Waals surface area contributed by atoms with Crippen molar-refractivity contribution < 1.29 is 13.2 Å². The molecule has 6 heteroatoms.